The molecule has 0 bridgehead atoms. The van der Waals surface area contributed by atoms with Crippen molar-refractivity contribution in [2.24, 2.45) is 11.7 Å². The van der Waals surface area contributed by atoms with Gasteiger partial charge in [0.2, 0.25) is 5.91 Å². The molecule has 0 radical (unpaired) electrons. The van der Waals surface area contributed by atoms with E-state index in [2.05, 4.69) is 11.8 Å². The van der Waals surface area contributed by atoms with Gasteiger partial charge in [-0.3, -0.25) is 9.69 Å². The summed E-state index contributed by atoms with van der Waals surface area (Å²) in [5.41, 5.74) is 5.55. The van der Waals surface area contributed by atoms with Crippen molar-refractivity contribution < 1.29 is 9.53 Å². The summed E-state index contributed by atoms with van der Waals surface area (Å²) < 4.78 is 5.61. The molecule has 2 rings (SSSR count). The quantitative estimate of drug-likeness (QED) is 0.762. The number of nitrogens with zero attached hydrogens (tertiary/aromatic N) is 2. The lowest BCUT2D eigenvalue weighted by molar-refractivity contribution is -0.139. The number of hydrogen-bond acceptors (Lipinski definition) is 4. The van der Waals surface area contributed by atoms with Gasteiger partial charge in [-0.05, 0) is 12.8 Å². The average Bonchev–Trinajstić information content (AvgIpc) is 2.87. The Kier molecular flexibility index (Phi) is 4.97. The van der Waals surface area contributed by atoms with E-state index in [0.29, 0.717) is 12.5 Å². The highest BCUT2D eigenvalue weighted by molar-refractivity contribution is 5.79. The highest BCUT2D eigenvalue weighted by Crippen LogP contribution is 2.25. The zero-order valence-corrected chi connectivity index (χ0v) is 11.3. The molecule has 0 aromatic carbocycles. The summed E-state index contributed by atoms with van der Waals surface area (Å²) in [5.74, 6) is 0.391. The maximum Gasteiger partial charge on any atom is 0.228 e. The first kappa shape index (κ1) is 13.8. The molecule has 5 heteroatoms. The molecule has 2 heterocycles. The van der Waals surface area contributed by atoms with Crippen molar-refractivity contribution in [3.63, 3.8) is 0 Å². The first-order valence-electron chi connectivity index (χ1n) is 7.09. The normalized spacial score (nSPS) is 29.8. The van der Waals surface area contributed by atoms with Gasteiger partial charge in [-0.15, -0.1) is 0 Å². The van der Waals surface area contributed by atoms with Crippen molar-refractivity contribution in [1.82, 2.24) is 9.80 Å². The second kappa shape index (κ2) is 6.50. The van der Waals surface area contributed by atoms with Gasteiger partial charge in [0, 0.05) is 45.9 Å². The summed E-state index contributed by atoms with van der Waals surface area (Å²) >= 11 is 0. The van der Waals surface area contributed by atoms with E-state index in [-0.39, 0.29) is 12.0 Å². The first-order valence-corrected chi connectivity index (χ1v) is 7.09. The summed E-state index contributed by atoms with van der Waals surface area (Å²) in [7, 11) is 0. The maximum absolute atomic E-state index is 12.4. The highest BCUT2D eigenvalue weighted by atomic mass is 16.5. The number of carbonyl (C=O) groups is 1. The summed E-state index contributed by atoms with van der Waals surface area (Å²) in [4.78, 5) is 16.8. The summed E-state index contributed by atoms with van der Waals surface area (Å²) in [6.07, 6.45) is 1.96. The third kappa shape index (κ3) is 3.02. The Bertz CT molecular complexity index is 277. The summed E-state index contributed by atoms with van der Waals surface area (Å²) in [5, 5.41) is 0. The van der Waals surface area contributed by atoms with Gasteiger partial charge in [-0.2, -0.15) is 0 Å². The van der Waals surface area contributed by atoms with Crippen LogP contribution in [-0.2, 0) is 9.53 Å². The lowest BCUT2D eigenvalue weighted by Crippen LogP contribution is -2.52. The van der Waals surface area contributed by atoms with Crippen LogP contribution in [0.3, 0.4) is 0 Å². The Hall–Kier alpha value is -0.650. The Balaban J connectivity index is 1.83. The molecule has 2 aliphatic rings. The molecule has 0 aliphatic carbocycles. The second-order valence-electron chi connectivity index (χ2n) is 5.17. The molecule has 1 amide bonds. The number of rotatable bonds is 4. The summed E-state index contributed by atoms with van der Waals surface area (Å²) in [6.45, 7) is 8.05. The first-order chi connectivity index (χ1) is 8.76. The minimum absolute atomic E-state index is 0.0936. The van der Waals surface area contributed by atoms with Gasteiger partial charge in [-0.1, -0.05) is 6.92 Å². The van der Waals surface area contributed by atoms with Crippen LogP contribution < -0.4 is 5.73 Å². The Labute approximate surface area is 109 Å². The third-order valence-electron chi connectivity index (χ3n) is 4.06. The lowest BCUT2D eigenvalue weighted by atomic mass is 9.97. The fourth-order valence-electron chi connectivity index (χ4n) is 2.94. The molecule has 0 saturated carbocycles. The van der Waals surface area contributed by atoms with Crippen LogP contribution >= 0.6 is 0 Å². The van der Waals surface area contributed by atoms with Crippen molar-refractivity contribution in [2.45, 2.75) is 25.9 Å². The average molecular weight is 255 g/mol. The molecule has 2 N–H and O–H groups in total. The van der Waals surface area contributed by atoms with Crippen LogP contribution in [0.2, 0.25) is 0 Å². The van der Waals surface area contributed by atoms with Crippen LogP contribution in [0.5, 0.6) is 0 Å². The van der Waals surface area contributed by atoms with E-state index in [0.717, 1.165) is 52.2 Å². The van der Waals surface area contributed by atoms with E-state index < -0.39 is 0 Å². The SMILES string of the molecule is CCC1OCCC1C(=O)N1CCN(CCN)CC1. The minimum Gasteiger partial charge on any atom is -0.377 e. The van der Waals surface area contributed by atoms with Crippen LogP contribution in [0.25, 0.3) is 0 Å². The smallest absolute Gasteiger partial charge is 0.228 e. The predicted molar refractivity (Wildman–Crippen MR) is 70.2 cm³/mol. The van der Waals surface area contributed by atoms with E-state index in [1.807, 2.05) is 4.90 Å². The molecule has 5 nitrogen and oxygen atoms in total. The Morgan fingerprint density at radius 3 is 2.67 bits per heavy atom. The number of amides is 1. The van der Waals surface area contributed by atoms with Gasteiger partial charge in [0.15, 0.2) is 0 Å². The molecular formula is C13H25N3O2. The van der Waals surface area contributed by atoms with Crippen LogP contribution in [0.4, 0.5) is 0 Å². The van der Waals surface area contributed by atoms with E-state index in [4.69, 9.17) is 10.5 Å². The number of carbonyl (C=O) groups excluding carboxylic acids is 1. The topological polar surface area (TPSA) is 58.8 Å². The Morgan fingerprint density at radius 1 is 1.33 bits per heavy atom. The molecule has 2 saturated heterocycles. The molecule has 0 aromatic rings. The number of ether oxygens (including phenoxy) is 1. The fourth-order valence-corrected chi connectivity index (χ4v) is 2.94. The number of hydrogen-bond donors (Lipinski definition) is 1. The monoisotopic (exact) mass is 255 g/mol. The second-order valence-corrected chi connectivity index (χ2v) is 5.17. The molecule has 2 atom stereocenters. The van der Waals surface area contributed by atoms with Crippen molar-refractivity contribution in [1.29, 1.82) is 0 Å². The highest BCUT2D eigenvalue weighted by Gasteiger charge is 2.36. The minimum atomic E-state index is 0.0936. The van der Waals surface area contributed by atoms with Crippen LogP contribution in [-0.4, -0.2) is 67.7 Å². The maximum atomic E-state index is 12.4. The molecular weight excluding hydrogens is 230 g/mol. The van der Waals surface area contributed by atoms with Crippen molar-refractivity contribution >= 4 is 5.91 Å². The molecule has 2 aliphatic heterocycles. The zero-order chi connectivity index (χ0) is 13.0. The molecule has 104 valence electrons. The summed E-state index contributed by atoms with van der Waals surface area (Å²) in [6, 6.07) is 0. The van der Waals surface area contributed by atoms with Gasteiger partial charge in [0.05, 0.1) is 12.0 Å². The van der Waals surface area contributed by atoms with Gasteiger partial charge in [0.1, 0.15) is 0 Å². The van der Waals surface area contributed by atoms with E-state index in [9.17, 15) is 4.79 Å². The van der Waals surface area contributed by atoms with E-state index in [1.54, 1.807) is 0 Å². The van der Waals surface area contributed by atoms with Gasteiger partial charge < -0.3 is 15.4 Å². The molecule has 0 spiro atoms. The largest absolute Gasteiger partial charge is 0.377 e. The lowest BCUT2D eigenvalue weighted by Gasteiger charge is -2.36. The van der Waals surface area contributed by atoms with E-state index in [1.165, 1.54) is 0 Å². The molecule has 0 aromatic heterocycles. The number of nitrogens with two attached hydrogens (primary N) is 1. The van der Waals surface area contributed by atoms with Crippen LogP contribution in [0.15, 0.2) is 0 Å². The van der Waals surface area contributed by atoms with Gasteiger partial charge in [-0.25, -0.2) is 0 Å². The van der Waals surface area contributed by atoms with Crippen LogP contribution in [0, 0.1) is 5.92 Å². The van der Waals surface area contributed by atoms with Crippen molar-refractivity contribution in [2.75, 3.05) is 45.9 Å². The third-order valence-corrected chi connectivity index (χ3v) is 4.06. The number of piperazine rings is 1. The predicted octanol–water partition coefficient (Wildman–Crippen LogP) is -0.0956. The van der Waals surface area contributed by atoms with Gasteiger partial charge in [0.25, 0.3) is 0 Å². The van der Waals surface area contributed by atoms with E-state index >= 15 is 0 Å². The zero-order valence-electron chi connectivity index (χ0n) is 11.3. The fraction of sp³-hybridized carbons (Fsp3) is 0.923. The van der Waals surface area contributed by atoms with Crippen LogP contribution in [0.1, 0.15) is 19.8 Å². The molecule has 2 fully saturated rings. The van der Waals surface area contributed by atoms with Crippen molar-refractivity contribution in [3.8, 4) is 0 Å². The molecule has 2 unspecified atom stereocenters. The Morgan fingerprint density at radius 2 is 2.06 bits per heavy atom. The van der Waals surface area contributed by atoms with Crippen molar-refractivity contribution in [3.05, 3.63) is 0 Å². The van der Waals surface area contributed by atoms with Gasteiger partial charge >= 0.3 is 0 Å². The molecule has 18 heavy (non-hydrogen) atoms. The standard InChI is InChI=1S/C13H25N3O2/c1-2-12-11(3-10-18-12)13(17)16-8-6-15(5-4-14)7-9-16/h11-12H,2-10,14H2,1H3.